The summed E-state index contributed by atoms with van der Waals surface area (Å²) in [5.74, 6) is 0.359. The minimum atomic E-state index is -4.36. The highest BCUT2D eigenvalue weighted by atomic mass is 19.4. The molecule has 2 saturated heterocycles. The fourth-order valence-corrected chi connectivity index (χ4v) is 3.73. The standard InChI is InChI=1S/C19H20F3N3O/c20-19(21,22)15-6-7-23-18(10-15)25-12-16-17(13-25)26-9-8-24(16)11-14-4-2-1-3-5-14/h1-7,10,16-17H,8-9,11-13H2. The highest BCUT2D eigenvalue weighted by molar-refractivity contribution is 5.44. The molecule has 0 saturated carbocycles. The van der Waals surface area contributed by atoms with Crippen LogP contribution in [0.25, 0.3) is 0 Å². The summed E-state index contributed by atoms with van der Waals surface area (Å²) in [6.07, 6.45) is -3.15. The smallest absolute Gasteiger partial charge is 0.373 e. The van der Waals surface area contributed by atoms with Crippen molar-refractivity contribution in [2.75, 3.05) is 31.1 Å². The van der Waals surface area contributed by atoms with E-state index in [1.165, 1.54) is 11.8 Å². The number of rotatable bonds is 3. The predicted molar refractivity (Wildman–Crippen MR) is 91.8 cm³/mol. The Kier molecular flexibility index (Phi) is 4.58. The van der Waals surface area contributed by atoms with Crippen LogP contribution < -0.4 is 4.90 Å². The summed E-state index contributed by atoms with van der Waals surface area (Å²) < 4.78 is 44.8. The second-order valence-electron chi connectivity index (χ2n) is 6.74. The lowest BCUT2D eigenvalue weighted by atomic mass is 10.1. The molecule has 2 aromatic rings. The maximum Gasteiger partial charge on any atom is 0.416 e. The number of halogens is 3. The summed E-state index contributed by atoms with van der Waals surface area (Å²) in [6, 6.07) is 12.5. The number of pyridine rings is 1. The van der Waals surface area contributed by atoms with Gasteiger partial charge in [0.25, 0.3) is 0 Å². The van der Waals surface area contributed by atoms with Gasteiger partial charge in [-0.25, -0.2) is 4.98 Å². The van der Waals surface area contributed by atoms with E-state index in [-0.39, 0.29) is 12.1 Å². The third-order valence-electron chi connectivity index (χ3n) is 5.04. The third kappa shape index (κ3) is 3.54. The molecule has 7 heteroatoms. The van der Waals surface area contributed by atoms with E-state index in [4.69, 9.17) is 4.74 Å². The van der Waals surface area contributed by atoms with Crippen molar-refractivity contribution >= 4 is 5.82 Å². The van der Waals surface area contributed by atoms with Gasteiger partial charge in [-0.3, -0.25) is 4.90 Å². The molecule has 2 unspecified atom stereocenters. The van der Waals surface area contributed by atoms with Crippen molar-refractivity contribution in [2.24, 2.45) is 0 Å². The van der Waals surface area contributed by atoms with E-state index in [0.717, 1.165) is 25.2 Å². The molecule has 2 aliphatic heterocycles. The Labute approximate surface area is 150 Å². The second kappa shape index (κ2) is 6.89. The number of aromatic nitrogens is 1. The van der Waals surface area contributed by atoms with E-state index in [1.807, 2.05) is 23.1 Å². The summed E-state index contributed by atoms with van der Waals surface area (Å²) in [5.41, 5.74) is 0.559. The van der Waals surface area contributed by atoms with Crippen LogP contribution in [0.3, 0.4) is 0 Å². The van der Waals surface area contributed by atoms with Gasteiger partial charge >= 0.3 is 6.18 Å². The molecule has 2 fully saturated rings. The Bertz CT molecular complexity index is 753. The van der Waals surface area contributed by atoms with E-state index in [0.29, 0.717) is 25.5 Å². The van der Waals surface area contributed by atoms with Crippen LogP contribution in [0.5, 0.6) is 0 Å². The van der Waals surface area contributed by atoms with Gasteiger partial charge in [-0.2, -0.15) is 13.2 Å². The largest absolute Gasteiger partial charge is 0.416 e. The maximum atomic E-state index is 13.0. The van der Waals surface area contributed by atoms with E-state index >= 15 is 0 Å². The Morgan fingerprint density at radius 2 is 1.92 bits per heavy atom. The molecule has 0 N–H and O–H groups in total. The van der Waals surface area contributed by atoms with E-state index < -0.39 is 11.7 Å². The number of benzene rings is 1. The number of nitrogens with zero attached hydrogens (tertiary/aromatic N) is 3. The lowest BCUT2D eigenvalue weighted by Crippen LogP contribution is -2.50. The SMILES string of the molecule is FC(F)(F)c1ccnc(N2CC3OCCN(Cc4ccccc4)C3C2)c1. The molecule has 0 radical (unpaired) electrons. The fourth-order valence-electron chi connectivity index (χ4n) is 3.73. The van der Waals surface area contributed by atoms with Crippen molar-refractivity contribution in [2.45, 2.75) is 24.9 Å². The highest BCUT2D eigenvalue weighted by Crippen LogP contribution is 2.33. The van der Waals surface area contributed by atoms with Crippen molar-refractivity contribution in [3.63, 3.8) is 0 Å². The number of fused-ring (bicyclic) bond motifs is 1. The number of morpholine rings is 1. The van der Waals surface area contributed by atoms with Gasteiger partial charge in [-0.1, -0.05) is 30.3 Å². The average Bonchev–Trinajstić information content (AvgIpc) is 3.07. The van der Waals surface area contributed by atoms with Gasteiger partial charge in [-0.15, -0.1) is 0 Å². The fraction of sp³-hybridized carbons (Fsp3) is 0.421. The number of ether oxygens (including phenoxy) is 1. The van der Waals surface area contributed by atoms with Crippen LogP contribution >= 0.6 is 0 Å². The zero-order valence-corrected chi connectivity index (χ0v) is 14.2. The Hall–Kier alpha value is -2.12. The lowest BCUT2D eigenvalue weighted by Gasteiger charge is -2.36. The summed E-state index contributed by atoms with van der Waals surface area (Å²) in [4.78, 5) is 8.41. The van der Waals surface area contributed by atoms with Crippen LogP contribution in [0, 0.1) is 0 Å². The number of hydrogen-bond donors (Lipinski definition) is 0. The maximum absolute atomic E-state index is 13.0. The summed E-state index contributed by atoms with van der Waals surface area (Å²) in [6.45, 7) is 3.45. The number of hydrogen-bond acceptors (Lipinski definition) is 4. The van der Waals surface area contributed by atoms with Crippen LogP contribution in [-0.4, -0.2) is 48.3 Å². The monoisotopic (exact) mass is 363 g/mol. The quantitative estimate of drug-likeness (QED) is 0.838. The minimum absolute atomic E-state index is 0.0104. The first-order valence-corrected chi connectivity index (χ1v) is 8.68. The molecular weight excluding hydrogens is 343 g/mol. The minimum Gasteiger partial charge on any atom is -0.373 e. The number of alkyl halides is 3. The average molecular weight is 363 g/mol. The molecule has 4 nitrogen and oxygen atoms in total. The molecule has 0 amide bonds. The Morgan fingerprint density at radius 1 is 1.12 bits per heavy atom. The summed E-state index contributed by atoms with van der Waals surface area (Å²) >= 11 is 0. The van der Waals surface area contributed by atoms with Crippen LogP contribution in [0.15, 0.2) is 48.7 Å². The molecule has 0 bridgehead atoms. The molecule has 26 heavy (non-hydrogen) atoms. The highest BCUT2D eigenvalue weighted by Gasteiger charge is 2.41. The van der Waals surface area contributed by atoms with Crippen molar-refractivity contribution in [1.82, 2.24) is 9.88 Å². The molecule has 0 aliphatic carbocycles. The van der Waals surface area contributed by atoms with Crippen molar-refractivity contribution in [3.8, 4) is 0 Å². The van der Waals surface area contributed by atoms with Gasteiger partial charge in [0.1, 0.15) is 5.82 Å². The molecule has 0 spiro atoms. The van der Waals surface area contributed by atoms with Gasteiger partial charge in [0, 0.05) is 32.4 Å². The third-order valence-corrected chi connectivity index (χ3v) is 5.04. The molecule has 2 atom stereocenters. The topological polar surface area (TPSA) is 28.6 Å². The van der Waals surface area contributed by atoms with E-state index in [1.54, 1.807) is 0 Å². The van der Waals surface area contributed by atoms with Crippen LogP contribution in [-0.2, 0) is 17.5 Å². The van der Waals surface area contributed by atoms with Crippen LogP contribution in [0.4, 0.5) is 19.0 Å². The molecular formula is C19H20F3N3O. The molecule has 1 aromatic carbocycles. The summed E-state index contributed by atoms with van der Waals surface area (Å²) in [5, 5.41) is 0. The predicted octanol–water partition coefficient (Wildman–Crippen LogP) is 3.19. The van der Waals surface area contributed by atoms with Crippen molar-refractivity contribution in [3.05, 3.63) is 59.8 Å². The van der Waals surface area contributed by atoms with Crippen LogP contribution in [0.1, 0.15) is 11.1 Å². The van der Waals surface area contributed by atoms with Crippen LogP contribution in [0.2, 0.25) is 0 Å². The first kappa shape index (κ1) is 17.3. The normalized spacial score (nSPS) is 23.9. The van der Waals surface area contributed by atoms with Gasteiger partial charge in [-0.05, 0) is 17.7 Å². The zero-order chi connectivity index (χ0) is 18.1. The van der Waals surface area contributed by atoms with Gasteiger partial charge < -0.3 is 9.64 Å². The first-order chi connectivity index (χ1) is 12.5. The van der Waals surface area contributed by atoms with Crippen molar-refractivity contribution < 1.29 is 17.9 Å². The van der Waals surface area contributed by atoms with Gasteiger partial charge in [0.05, 0.1) is 24.3 Å². The van der Waals surface area contributed by atoms with Gasteiger partial charge in [0.2, 0.25) is 0 Å². The lowest BCUT2D eigenvalue weighted by molar-refractivity contribution is -0.137. The Balaban J connectivity index is 1.51. The first-order valence-electron chi connectivity index (χ1n) is 8.68. The molecule has 1 aromatic heterocycles. The van der Waals surface area contributed by atoms with E-state index in [9.17, 15) is 13.2 Å². The molecule has 138 valence electrons. The van der Waals surface area contributed by atoms with Gasteiger partial charge in [0.15, 0.2) is 0 Å². The number of anilines is 1. The second-order valence-corrected chi connectivity index (χ2v) is 6.74. The van der Waals surface area contributed by atoms with Crippen molar-refractivity contribution in [1.29, 1.82) is 0 Å². The molecule has 3 heterocycles. The zero-order valence-electron chi connectivity index (χ0n) is 14.2. The Morgan fingerprint density at radius 3 is 2.69 bits per heavy atom. The van der Waals surface area contributed by atoms with E-state index in [2.05, 4.69) is 22.0 Å². The molecule has 4 rings (SSSR count). The molecule has 2 aliphatic rings. The summed E-state index contributed by atoms with van der Waals surface area (Å²) in [7, 11) is 0.